The minimum absolute atomic E-state index is 0.0671. The lowest BCUT2D eigenvalue weighted by Crippen LogP contribution is -2.38. The number of nitrogens with zero attached hydrogens (tertiary/aromatic N) is 2. The fraction of sp³-hybridized carbons (Fsp3) is 0.444. The molecule has 2 N–H and O–H groups in total. The molecule has 130 valence electrons. The van der Waals surface area contributed by atoms with E-state index in [9.17, 15) is 4.39 Å². The van der Waals surface area contributed by atoms with Crippen molar-refractivity contribution in [2.24, 2.45) is 4.99 Å². The Kier molecular flexibility index (Phi) is 5.95. The average molecular weight is 332 g/mol. The van der Waals surface area contributed by atoms with Crippen LogP contribution in [0, 0.1) is 26.6 Å². The highest BCUT2D eigenvalue weighted by atomic mass is 19.1. The van der Waals surface area contributed by atoms with Crippen LogP contribution in [0.4, 0.5) is 4.39 Å². The number of hydrogen-bond acceptors (Lipinski definition) is 3. The fourth-order valence-electron chi connectivity index (χ4n) is 2.37. The van der Waals surface area contributed by atoms with Gasteiger partial charge in [-0.1, -0.05) is 17.3 Å². The summed E-state index contributed by atoms with van der Waals surface area (Å²) in [6.07, 6.45) is 0. The van der Waals surface area contributed by atoms with Gasteiger partial charge in [0.05, 0.1) is 18.3 Å². The Bertz CT molecular complexity index is 704. The maximum Gasteiger partial charge on any atom is 0.192 e. The van der Waals surface area contributed by atoms with Crippen LogP contribution < -0.4 is 10.6 Å². The molecular weight excluding hydrogens is 307 g/mol. The first-order valence-electron chi connectivity index (χ1n) is 8.15. The first kappa shape index (κ1) is 18.0. The molecule has 0 bridgehead atoms. The van der Waals surface area contributed by atoms with Gasteiger partial charge in [0.25, 0.3) is 0 Å². The molecule has 1 atom stereocenters. The molecular formula is C18H25FN4O. The summed E-state index contributed by atoms with van der Waals surface area (Å²) in [4.78, 5) is 4.58. The van der Waals surface area contributed by atoms with Crippen LogP contribution in [0.25, 0.3) is 0 Å². The molecule has 0 saturated carbocycles. The molecule has 6 heteroatoms. The number of aromatic nitrogens is 1. The standard InChI is InChI=1S/C18H25FN4O/c1-6-20-18(21-10-16-13(4)23-24-14(16)5)22-12(3)15-8-7-11(2)17(19)9-15/h7-9,12H,6,10H2,1-5H3,(H2,20,21,22). The van der Waals surface area contributed by atoms with Gasteiger partial charge in [0.1, 0.15) is 11.6 Å². The molecule has 1 unspecified atom stereocenters. The average Bonchev–Trinajstić information content (AvgIpc) is 2.86. The van der Waals surface area contributed by atoms with E-state index in [0.29, 0.717) is 18.1 Å². The van der Waals surface area contributed by atoms with Crippen LogP contribution >= 0.6 is 0 Å². The summed E-state index contributed by atoms with van der Waals surface area (Å²) in [5.74, 6) is 1.26. The first-order chi connectivity index (χ1) is 11.4. The molecule has 2 rings (SSSR count). The topological polar surface area (TPSA) is 62.5 Å². The van der Waals surface area contributed by atoms with Crippen molar-refractivity contribution in [1.29, 1.82) is 0 Å². The number of aliphatic imine (C=N–C) groups is 1. The Morgan fingerprint density at radius 1 is 1.33 bits per heavy atom. The quantitative estimate of drug-likeness (QED) is 0.649. The van der Waals surface area contributed by atoms with Gasteiger partial charge in [-0.2, -0.15) is 0 Å². The molecule has 1 aromatic carbocycles. The van der Waals surface area contributed by atoms with Crippen LogP contribution in [-0.2, 0) is 6.54 Å². The summed E-state index contributed by atoms with van der Waals surface area (Å²) >= 11 is 0. The van der Waals surface area contributed by atoms with Crippen molar-refractivity contribution in [3.05, 3.63) is 52.2 Å². The fourth-order valence-corrected chi connectivity index (χ4v) is 2.37. The maximum absolute atomic E-state index is 13.8. The van der Waals surface area contributed by atoms with Crippen molar-refractivity contribution in [2.45, 2.75) is 47.2 Å². The zero-order chi connectivity index (χ0) is 17.7. The molecule has 0 radical (unpaired) electrons. The molecule has 0 saturated heterocycles. The second kappa shape index (κ2) is 7.95. The van der Waals surface area contributed by atoms with Crippen LogP contribution in [0.3, 0.4) is 0 Å². The summed E-state index contributed by atoms with van der Waals surface area (Å²) in [6, 6.07) is 5.21. The van der Waals surface area contributed by atoms with E-state index in [1.807, 2.05) is 33.8 Å². The maximum atomic E-state index is 13.8. The summed E-state index contributed by atoms with van der Waals surface area (Å²) in [5, 5.41) is 10.4. The van der Waals surface area contributed by atoms with Crippen molar-refractivity contribution in [3.8, 4) is 0 Å². The van der Waals surface area contributed by atoms with E-state index < -0.39 is 0 Å². The van der Waals surface area contributed by atoms with Gasteiger partial charge in [-0.3, -0.25) is 0 Å². The summed E-state index contributed by atoms with van der Waals surface area (Å²) < 4.78 is 18.9. The van der Waals surface area contributed by atoms with Gasteiger partial charge in [-0.15, -0.1) is 0 Å². The predicted octanol–water partition coefficient (Wildman–Crippen LogP) is 3.56. The molecule has 0 spiro atoms. The van der Waals surface area contributed by atoms with Crippen molar-refractivity contribution in [1.82, 2.24) is 15.8 Å². The van der Waals surface area contributed by atoms with E-state index in [0.717, 1.165) is 29.1 Å². The molecule has 0 aliphatic heterocycles. The van der Waals surface area contributed by atoms with Crippen LogP contribution in [-0.4, -0.2) is 17.7 Å². The number of hydrogen-bond donors (Lipinski definition) is 2. The van der Waals surface area contributed by atoms with E-state index >= 15 is 0 Å². The van der Waals surface area contributed by atoms with Gasteiger partial charge < -0.3 is 15.2 Å². The largest absolute Gasteiger partial charge is 0.361 e. The Balaban J connectivity index is 2.12. The third kappa shape index (κ3) is 4.34. The number of guanidine groups is 1. The molecule has 2 aromatic rings. The number of rotatable bonds is 5. The number of benzene rings is 1. The molecule has 0 amide bonds. The minimum atomic E-state index is -0.196. The smallest absolute Gasteiger partial charge is 0.192 e. The highest BCUT2D eigenvalue weighted by molar-refractivity contribution is 5.80. The second-order valence-corrected chi connectivity index (χ2v) is 5.87. The first-order valence-corrected chi connectivity index (χ1v) is 8.15. The molecule has 0 fully saturated rings. The van der Waals surface area contributed by atoms with Gasteiger partial charge >= 0.3 is 0 Å². The van der Waals surface area contributed by atoms with E-state index in [4.69, 9.17) is 4.52 Å². The molecule has 24 heavy (non-hydrogen) atoms. The Morgan fingerprint density at radius 3 is 2.67 bits per heavy atom. The van der Waals surface area contributed by atoms with E-state index in [1.54, 1.807) is 19.1 Å². The minimum Gasteiger partial charge on any atom is -0.361 e. The lowest BCUT2D eigenvalue weighted by molar-refractivity contribution is 0.392. The third-order valence-electron chi connectivity index (χ3n) is 3.97. The molecule has 5 nitrogen and oxygen atoms in total. The number of aryl methyl sites for hydroxylation is 3. The van der Waals surface area contributed by atoms with Gasteiger partial charge in [0.2, 0.25) is 0 Å². The van der Waals surface area contributed by atoms with Gasteiger partial charge in [0, 0.05) is 12.1 Å². The zero-order valence-corrected chi connectivity index (χ0v) is 14.9. The lowest BCUT2D eigenvalue weighted by Gasteiger charge is -2.18. The van der Waals surface area contributed by atoms with Gasteiger partial charge in [-0.25, -0.2) is 9.38 Å². The number of halogens is 1. The SMILES string of the molecule is CCNC(=NCc1c(C)noc1C)NC(C)c1ccc(C)c(F)c1. The van der Waals surface area contributed by atoms with Crippen molar-refractivity contribution < 1.29 is 8.91 Å². The van der Waals surface area contributed by atoms with Crippen LogP contribution in [0.1, 0.15) is 48.0 Å². The highest BCUT2D eigenvalue weighted by Crippen LogP contribution is 2.17. The number of nitrogens with one attached hydrogen (secondary N) is 2. The van der Waals surface area contributed by atoms with Crippen LogP contribution in [0.5, 0.6) is 0 Å². The molecule has 0 aliphatic rings. The van der Waals surface area contributed by atoms with E-state index in [2.05, 4.69) is 20.8 Å². The van der Waals surface area contributed by atoms with E-state index in [-0.39, 0.29) is 11.9 Å². The summed E-state index contributed by atoms with van der Waals surface area (Å²) in [5.41, 5.74) is 3.35. The highest BCUT2D eigenvalue weighted by Gasteiger charge is 2.11. The van der Waals surface area contributed by atoms with Crippen molar-refractivity contribution in [2.75, 3.05) is 6.54 Å². The Morgan fingerprint density at radius 2 is 2.08 bits per heavy atom. The lowest BCUT2D eigenvalue weighted by atomic mass is 10.1. The van der Waals surface area contributed by atoms with Gasteiger partial charge in [0.15, 0.2) is 5.96 Å². The normalized spacial score (nSPS) is 13.0. The van der Waals surface area contributed by atoms with Crippen molar-refractivity contribution >= 4 is 5.96 Å². The molecule has 1 heterocycles. The van der Waals surface area contributed by atoms with Crippen LogP contribution in [0.15, 0.2) is 27.7 Å². The Hall–Kier alpha value is -2.37. The molecule has 0 aliphatic carbocycles. The van der Waals surface area contributed by atoms with Gasteiger partial charge in [-0.05, 0) is 51.8 Å². The summed E-state index contributed by atoms with van der Waals surface area (Å²) in [7, 11) is 0. The zero-order valence-electron chi connectivity index (χ0n) is 14.9. The van der Waals surface area contributed by atoms with E-state index in [1.165, 1.54) is 0 Å². The Labute approximate surface area is 142 Å². The second-order valence-electron chi connectivity index (χ2n) is 5.87. The van der Waals surface area contributed by atoms with Crippen LogP contribution in [0.2, 0.25) is 0 Å². The monoisotopic (exact) mass is 332 g/mol. The summed E-state index contributed by atoms with van der Waals surface area (Å²) in [6.45, 7) is 10.7. The third-order valence-corrected chi connectivity index (χ3v) is 3.97. The van der Waals surface area contributed by atoms with Crippen molar-refractivity contribution in [3.63, 3.8) is 0 Å². The predicted molar refractivity (Wildman–Crippen MR) is 93.5 cm³/mol. The molecule has 1 aromatic heterocycles.